The Morgan fingerprint density at radius 2 is 0.955 bits per heavy atom. The van der Waals surface area contributed by atoms with Gasteiger partial charge in [-0.1, -0.05) is 179 Å². The van der Waals surface area contributed by atoms with Gasteiger partial charge >= 0.3 is 0 Å². The Labute approximate surface area is 398 Å². The van der Waals surface area contributed by atoms with Crippen molar-refractivity contribution >= 4 is 5.91 Å². The zero-order valence-electron chi connectivity index (χ0n) is 41.2. The number of rotatable bonds is 41. The van der Waals surface area contributed by atoms with E-state index >= 15 is 0 Å². The van der Waals surface area contributed by atoms with E-state index in [1.807, 2.05) is 6.08 Å². The fourth-order valence-electron chi connectivity index (χ4n) is 8.76. The van der Waals surface area contributed by atoms with E-state index in [0.717, 1.165) is 44.9 Å². The normalized spacial score (nSPS) is 26.9. The number of aliphatic hydroxyl groups is 8. The van der Waals surface area contributed by atoms with Gasteiger partial charge in [-0.15, -0.1) is 0 Å². The summed E-state index contributed by atoms with van der Waals surface area (Å²) in [6, 6.07) is -0.907. The number of hydrogen-bond acceptors (Lipinski definition) is 13. The Hall–Kier alpha value is -1.53. The number of amides is 1. The number of aliphatic hydroxyl groups excluding tert-OH is 8. The van der Waals surface area contributed by atoms with Crippen LogP contribution in [0.2, 0.25) is 0 Å². The molecule has 0 aliphatic carbocycles. The largest absolute Gasteiger partial charge is 0.394 e. The summed E-state index contributed by atoms with van der Waals surface area (Å²) in [5.74, 6) is -0.245. The minimum absolute atomic E-state index is 0.245. The van der Waals surface area contributed by atoms with Crippen molar-refractivity contribution in [3.05, 3.63) is 24.3 Å². The lowest BCUT2D eigenvalue weighted by Gasteiger charge is -2.46. The minimum atomic E-state index is -1.78. The molecule has 12 unspecified atom stereocenters. The number of hydrogen-bond donors (Lipinski definition) is 9. The number of ether oxygens (including phenoxy) is 4. The lowest BCUT2D eigenvalue weighted by atomic mass is 9.97. The molecule has 0 spiro atoms. The molecule has 14 heteroatoms. The average Bonchev–Trinajstić information content (AvgIpc) is 3.31. The van der Waals surface area contributed by atoms with Gasteiger partial charge in [0.05, 0.1) is 32.0 Å². The highest BCUT2D eigenvalue weighted by Crippen LogP contribution is 2.30. The predicted octanol–water partition coefficient (Wildman–Crippen LogP) is 7.33. The van der Waals surface area contributed by atoms with Crippen molar-refractivity contribution in [3.63, 3.8) is 0 Å². The van der Waals surface area contributed by atoms with Crippen LogP contribution in [0.4, 0.5) is 0 Å². The van der Waals surface area contributed by atoms with E-state index in [2.05, 4.69) is 31.3 Å². The molecule has 0 aromatic heterocycles. The first-order valence-corrected chi connectivity index (χ1v) is 26.6. The topological polar surface area (TPSA) is 228 Å². The van der Waals surface area contributed by atoms with E-state index in [1.54, 1.807) is 6.08 Å². The molecule has 2 aliphatic heterocycles. The summed E-state index contributed by atoms with van der Waals surface area (Å²) in [6.07, 6.45) is 27.3. The van der Waals surface area contributed by atoms with Gasteiger partial charge < -0.3 is 65.1 Å². The predicted molar refractivity (Wildman–Crippen MR) is 258 cm³/mol. The molecule has 2 rings (SSSR count). The van der Waals surface area contributed by atoms with Crippen LogP contribution in [0.1, 0.15) is 206 Å². The van der Waals surface area contributed by atoms with Gasteiger partial charge in [-0.05, 0) is 44.9 Å². The maximum absolute atomic E-state index is 13.1. The second-order valence-corrected chi connectivity index (χ2v) is 19.0. The van der Waals surface area contributed by atoms with Crippen LogP contribution in [0.25, 0.3) is 0 Å². The Morgan fingerprint density at radius 1 is 0.530 bits per heavy atom. The third-order valence-electron chi connectivity index (χ3n) is 13.1. The maximum atomic E-state index is 13.1. The van der Waals surface area contributed by atoms with E-state index < -0.39 is 86.8 Å². The summed E-state index contributed by atoms with van der Waals surface area (Å²) >= 11 is 0. The Morgan fingerprint density at radius 3 is 1.47 bits per heavy atom. The van der Waals surface area contributed by atoms with Crippen molar-refractivity contribution in [2.24, 2.45) is 0 Å². The molecule has 12 atom stereocenters. The summed E-state index contributed by atoms with van der Waals surface area (Å²) in [7, 11) is 0. The van der Waals surface area contributed by atoms with E-state index in [4.69, 9.17) is 18.9 Å². The molecule has 1 amide bonds. The van der Waals surface area contributed by atoms with Gasteiger partial charge in [0.1, 0.15) is 48.8 Å². The van der Waals surface area contributed by atoms with Gasteiger partial charge in [-0.3, -0.25) is 4.79 Å². The molecule has 2 fully saturated rings. The lowest BCUT2D eigenvalue weighted by molar-refractivity contribution is -0.359. The molecule has 0 radical (unpaired) electrons. The lowest BCUT2D eigenvalue weighted by Crippen LogP contribution is -2.65. The summed E-state index contributed by atoms with van der Waals surface area (Å²) < 4.78 is 22.6. The quantitative estimate of drug-likeness (QED) is 0.0216. The Balaban J connectivity index is 1.61. The van der Waals surface area contributed by atoms with E-state index in [9.17, 15) is 45.6 Å². The number of nitrogens with one attached hydrogen (secondary N) is 1. The Bertz CT molecular complexity index is 1210. The summed E-state index contributed by atoms with van der Waals surface area (Å²) in [4.78, 5) is 13.1. The van der Waals surface area contributed by atoms with Gasteiger partial charge in [0.15, 0.2) is 12.6 Å². The van der Waals surface area contributed by atoms with Crippen molar-refractivity contribution in [2.45, 2.75) is 280 Å². The Kier molecular flexibility index (Phi) is 36.0. The minimum Gasteiger partial charge on any atom is -0.394 e. The molecular formula is C52H97NO13. The fourth-order valence-corrected chi connectivity index (χ4v) is 8.76. The molecule has 66 heavy (non-hydrogen) atoms. The SMILES string of the molecule is CCCCC/C=C/C(O)C(COC1OC(CO)C(OC2OC(CO)C(O)C(O)C2O)C(O)C1O)NC(=O)CCCCCCCCCCCCCCCCC/C=C\CCCCCCCCCC. The highest BCUT2D eigenvalue weighted by atomic mass is 16.7. The molecule has 2 aliphatic rings. The second kappa shape index (κ2) is 39.2. The van der Waals surface area contributed by atoms with Crippen molar-refractivity contribution in [2.75, 3.05) is 19.8 Å². The molecule has 0 saturated carbocycles. The van der Waals surface area contributed by atoms with Crippen molar-refractivity contribution < 1.29 is 64.6 Å². The molecule has 388 valence electrons. The molecular weight excluding hydrogens is 847 g/mol. The van der Waals surface area contributed by atoms with Crippen LogP contribution in [0.5, 0.6) is 0 Å². The van der Waals surface area contributed by atoms with Crippen LogP contribution >= 0.6 is 0 Å². The highest BCUT2D eigenvalue weighted by molar-refractivity contribution is 5.76. The van der Waals surface area contributed by atoms with Crippen LogP contribution in [0.15, 0.2) is 24.3 Å². The fraction of sp³-hybridized carbons (Fsp3) is 0.904. The van der Waals surface area contributed by atoms with Crippen LogP contribution in [0, 0.1) is 0 Å². The van der Waals surface area contributed by atoms with Gasteiger partial charge in [0, 0.05) is 6.42 Å². The number of carbonyl (C=O) groups excluding carboxylic acids is 1. The third-order valence-corrected chi connectivity index (χ3v) is 13.1. The van der Waals surface area contributed by atoms with Crippen LogP contribution < -0.4 is 5.32 Å². The van der Waals surface area contributed by atoms with Gasteiger partial charge in [0.2, 0.25) is 5.91 Å². The molecule has 0 aromatic carbocycles. The number of carbonyl (C=O) groups is 1. The summed E-state index contributed by atoms with van der Waals surface area (Å²) in [5, 5.41) is 86.2. The second-order valence-electron chi connectivity index (χ2n) is 19.0. The first-order chi connectivity index (χ1) is 32.1. The summed E-state index contributed by atoms with van der Waals surface area (Å²) in [5.41, 5.74) is 0. The van der Waals surface area contributed by atoms with E-state index in [1.165, 1.54) is 135 Å². The molecule has 0 aromatic rings. The van der Waals surface area contributed by atoms with Crippen molar-refractivity contribution in [1.29, 1.82) is 0 Å². The first kappa shape index (κ1) is 60.6. The number of allylic oxidation sites excluding steroid dienone is 3. The van der Waals surface area contributed by atoms with E-state index in [-0.39, 0.29) is 18.9 Å². The van der Waals surface area contributed by atoms with Crippen molar-refractivity contribution in [1.82, 2.24) is 5.32 Å². The van der Waals surface area contributed by atoms with Gasteiger partial charge in [0.25, 0.3) is 0 Å². The van der Waals surface area contributed by atoms with Crippen LogP contribution in [0.3, 0.4) is 0 Å². The highest BCUT2D eigenvalue weighted by Gasteiger charge is 2.51. The molecule has 2 heterocycles. The summed E-state index contributed by atoms with van der Waals surface area (Å²) in [6.45, 7) is 2.67. The third kappa shape index (κ3) is 25.9. The molecule has 9 N–H and O–H groups in total. The molecule has 0 bridgehead atoms. The average molecular weight is 944 g/mol. The van der Waals surface area contributed by atoms with Crippen molar-refractivity contribution in [3.8, 4) is 0 Å². The van der Waals surface area contributed by atoms with Crippen LogP contribution in [-0.2, 0) is 23.7 Å². The smallest absolute Gasteiger partial charge is 0.220 e. The number of unbranched alkanes of at least 4 members (excludes halogenated alkanes) is 26. The zero-order valence-corrected chi connectivity index (χ0v) is 41.2. The zero-order chi connectivity index (χ0) is 48.2. The van der Waals surface area contributed by atoms with E-state index in [0.29, 0.717) is 6.42 Å². The van der Waals surface area contributed by atoms with Crippen LogP contribution in [-0.4, -0.2) is 140 Å². The van der Waals surface area contributed by atoms with Gasteiger partial charge in [-0.2, -0.15) is 0 Å². The maximum Gasteiger partial charge on any atom is 0.220 e. The molecule has 2 saturated heterocycles. The van der Waals surface area contributed by atoms with Gasteiger partial charge in [-0.25, -0.2) is 0 Å². The standard InChI is InChI=1S/C52H97NO13/c1-3-5-7-9-10-11-12-13-14-15-16-17-18-19-20-21-22-23-24-25-26-27-28-29-30-32-34-36-44(57)53-40(41(56)35-33-31-8-6-4-2)39-63-51-49(62)47(60)50(43(38-55)65-51)66-52-48(61)46(59)45(58)42(37-54)64-52/h15-16,33,35,40-43,45-52,54-56,58-62H,3-14,17-32,34,36-39H2,1-2H3,(H,53,57)/b16-15-,35-33+. The monoisotopic (exact) mass is 944 g/mol. The first-order valence-electron chi connectivity index (χ1n) is 26.6. The molecule has 14 nitrogen and oxygen atoms in total.